The molecule has 1 unspecified atom stereocenters. The zero-order valence-corrected chi connectivity index (χ0v) is 6.61. The number of aliphatic carboxylic acids is 1. The number of carbonyl (C=O) groups is 3. The Morgan fingerprint density at radius 3 is 2.50 bits per heavy atom. The molecule has 1 atom stereocenters. The molecular weight excluding hydrogens is 162 g/mol. The summed E-state index contributed by atoms with van der Waals surface area (Å²) in [7, 11) is 0. The second-order valence-corrected chi connectivity index (χ2v) is 2.75. The van der Waals surface area contributed by atoms with Crippen molar-refractivity contribution in [2.75, 3.05) is 6.54 Å². The summed E-state index contributed by atoms with van der Waals surface area (Å²) in [5.74, 6) is -1.69. The molecule has 0 radical (unpaired) electrons. The fourth-order valence-corrected chi connectivity index (χ4v) is 1.09. The van der Waals surface area contributed by atoms with E-state index in [0.29, 0.717) is 0 Å². The molecule has 0 aromatic rings. The zero-order chi connectivity index (χ0) is 9.30. The van der Waals surface area contributed by atoms with Gasteiger partial charge in [0.25, 0.3) is 0 Å². The quantitative estimate of drug-likeness (QED) is 0.555. The average molecular weight is 171 g/mol. The van der Waals surface area contributed by atoms with Crippen molar-refractivity contribution >= 4 is 17.7 Å². The van der Waals surface area contributed by atoms with Crippen LogP contribution in [0.15, 0.2) is 0 Å². The van der Waals surface area contributed by atoms with Gasteiger partial charge in [-0.15, -0.1) is 0 Å². The van der Waals surface area contributed by atoms with Crippen LogP contribution in [0.5, 0.6) is 0 Å². The van der Waals surface area contributed by atoms with Crippen molar-refractivity contribution in [3.8, 4) is 0 Å². The molecule has 0 aromatic carbocycles. The molecule has 1 rings (SSSR count). The zero-order valence-electron chi connectivity index (χ0n) is 6.61. The maximum atomic E-state index is 11.0. The first kappa shape index (κ1) is 8.70. The van der Waals surface area contributed by atoms with Gasteiger partial charge in [0.2, 0.25) is 5.91 Å². The monoisotopic (exact) mass is 171 g/mol. The summed E-state index contributed by atoms with van der Waals surface area (Å²) in [5.41, 5.74) is 0. The highest BCUT2D eigenvalue weighted by atomic mass is 16.4. The van der Waals surface area contributed by atoms with Gasteiger partial charge in [-0.2, -0.15) is 0 Å². The van der Waals surface area contributed by atoms with Crippen LogP contribution in [0.25, 0.3) is 0 Å². The predicted octanol–water partition coefficient (Wildman–Crippen LogP) is -0.739. The summed E-state index contributed by atoms with van der Waals surface area (Å²) < 4.78 is 0. The lowest BCUT2D eigenvalue weighted by molar-refractivity contribution is -0.147. The van der Waals surface area contributed by atoms with Crippen LogP contribution in [0.1, 0.15) is 13.3 Å². The van der Waals surface area contributed by atoms with Crippen LogP contribution >= 0.6 is 0 Å². The van der Waals surface area contributed by atoms with Crippen LogP contribution < -0.4 is 0 Å². The number of rotatable bonds is 2. The maximum Gasteiger partial charge on any atom is 0.326 e. The number of carboxylic acids is 1. The third-order valence-corrected chi connectivity index (χ3v) is 1.84. The molecule has 66 valence electrons. The molecule has 12 heavy (non-hydrogen) atoms. The first-order chi connectivity index (χ1) is 5.52. The lowest BCUT2D eigenvalue weighted by Crippen LogP contribution is -2.39. The molecule has 1 aliphatic heterocycles. The van der Waals surface area contributed by atoms with Crippen LogP contribution in [0.3, 0.4) is 0 Å². The van der Waals surface area contributed by atoms with Crippen molar-refractivity contribution in [2.24, 2.45) is 0 Å². The van der Waals surface area contributed by atoms with Gasteiger partial charge in [-0.25, -0.2) is 4.79 Å². The SMILES string of the molecule is CC(C(=O)O)N1CC(=O)CC1=O. The number of nitrogens with zero attached hydrogens (tertiary/aromatic N) is 1. The molecule has 5 nitrogen and oxygen atoms in total. The van der Waals surface area contributed by atoms with Gasteiger partial charge in [0.05, 0.1) is 13.0 Å². The van der Waals surface area contributed by atoms with Crippen molar-refractivity contribution in [2.45, 2.75) is 19.4 Å². The van der Waals surface area contributed by atoms with Gasteiger partial charge in [-0.1, -0.05) is 0 Å². The minimum Gasteiger partial charge on any atom is -0.480 e. The van der Waals surface area contributed by atoms with Gasteiger partial charge in [0.15, 0.2) is 5.78 Å². The molecule has 1 heterocycles. The fourth-order valence-electron chi connectivity index (χ4n) is 1.09. The minimum absolute atomic E-state index is 0.0632. The van der Waals surface area contributed by atoms with Crippen LogP contribution in [-0.4, -0.2) is 40.3 Å². The molecule has 0 bridgehead atoms. The fraction of sp³-hybridized carbons (Fsp3) is 0.571. The molecule has 1 saturated heterocycles. The molecule has 1 aliphatic rings. The Morgan fingerprint density at radius 2 is 2.17 bits per heavy atom. The van der Waals surface area contributed by atoms with E-state index >= 15 is 0 Å². The Kier molecular flexibility index (Phi) is 2.12. The van der Waals surface area contributed by atoms with E-state index in [1.165, 1.54) is 6.92 Å². The Balaban J connectivity index is 2.70. The number of ketones is 1. The van der Waals surface area contributed by atoms with E-state index in [1.54, 1.807) is 0 Å². The Morgan fingerprint density at radius 1 is 1.58 bits per heavy atom. The van der Waals surface area contributed by atoms with Crippen molar-refractivity contribution in [3.63, 3.8) is 0 Å². The number of carbonyl (C=O) groups excluding carboxylic acids is 2. The molecular formula is C7H9NO4. The Labute approximate surface area is 69.0 Å². The summed E-state index contributed by atoms with van der Waals surface area (Å²) in [5, 5.41) is 8.54. The highest BCUT2D eigenvalue weighted by Gasteiger charge is 2.33. The van der Waals surface area contributed by atoms with E-state index in [1.807, 2.05) is 0 Å². The highest BCUT2D eigenvalue weighted by Crippen LogP contribution is 2.10. The van der Waals surface area contributed by atoms with Gasteiger partial charge in [0.1, 0.15) is 6.04 Å². The first-order valence-electron chi connectivity index (χ1n) is 3.56. The van der Waals surface area contributed by atoms with E-state index in [9.17, 15) is 14.4 Å². The number of likely N-dealkylation sites (tertiary alicyclic amines) is 1. The van der Waals surface area contributed by atoms with Gasteiger partial charge in [0, 0.05) is 0 Å². The third kappa shape index (κ3) is 1.44. The molecule has 0 aliphatic carbocycles. The topological polar surface area (TPSA) is 74.7 Å². The first-order valence-corrected chi connectivity index (χ1v) is 3.56. The highest BCUT2D eigenvalue weighted by molar-refractivity contribution is 6.06. The van der Waals surface area contributed by atoms with Crippen molar-refractivity contribution in [1.82, 2.24) is 4.90 Å². The van der Waals surface area contributed by atoms with Crippen LogP contribution in [0, 0.1) is 0 Å². The number of hydrogen-bond donors (Lipinski definition) is 1. The number of carboxylic acid groups (broad SMARTS) is 1. The Bertz CT molecular complexity index is 248. The maximum absolute atomic E-state index is 11.0. The predicted molar refractivity (Wildman–Crippen MR) is 38.4 cm³/mol. The normalized spacial score (nSPS) is 19.9. The second-order valence-electron chi connectivity index (χ2n) is 2.75. The molecule has 1 N–H and O–H groups in total. The number of Topliss-reactive ketones (excluding diaryl/α,β-unsaturated/α-hetero) is 1. The van der Waals surface area contributed by atoms with E-state index in [0.717, 1.165) is 4.90 Å². The summed E-state index contributed by atoms with van der Waals surface area (Å²) in [6.07, 6.45) is -0.155. The third-order valence-electron chi connectivity index (χ3n) is 1.84. The van der Waals surface area contributed by atoms with E-state index < -0.39 is 17.9 Å². The average Bonchev–Trinajstić information content (AvgIpc) is 2.28. The van der Waals surface area contributed by atoms with Gasteiger partial charge in [-0.05, 0) is 6.92 Å². The van der Waals surface area contributed by atoms with Crippen LogP contribution in [-0.2, 0) is 14.4 Å². The molecule has 0 aromatic heterocycles. The largest absolute Gasteiger partial charge is 0.480 e. The summed E-state index contributed by atoms with van der Waals surface area (Å²) in [4.78, 5) is 33.2. The molecule has 1 fully saturated rings. The molecule has 5 heteroatoms. The van der Waals surface area contributed by atoms with Crippen molar-refractivity contribution in [3.05, 3.63) is 0 Å². The molecule has 0 spiro atoms. The standard InChI is InChI=1S/C7H9NO4/c1-4(7(11)12)8-3-5(9)2-6(8)10/h4H,2-3H2,1H3,(H,11,12). The number of amides is 1. The van der Waals surface area contributed by atoms with Gasteiger partial charge in [-0.3, -0.25) is 9.59 Å². The van der Waals surface area contributed by atoms with Crippen LogP contribution in [0.2, 0.25) is 0 Å². The molecule has 1 amide bonds. The van der Waals surface area contributed by atoms with E-state index in [-0.39, 0.29) is 18.7 Å². The molecule has 0 saturated carbocycles. The van der Waals surface area contributed by atoms with E-state index in [2.05, 4.69) is 0 Å². The lowest BCUT2D eigenvalue weighted by Gasteiger charge is -2.18. The lowest BCUT2D eigenvalue weighted by atomic mass is 10.3. The minimum atomic E-state index is -1.09. The summed E-state index contributed by atoms with van der Waals surface area (Å²) in [6.45, 7) is 1.32. The smallest absolute Gasteiger partial charge is 0.326 e. The van der Waals surface area contributed by atoms with Gasteiger partial charge < -0.3 is 10.0 Å². The second kappa shape index (κ2) is 2.92. The van der Waals surface area contributed by atoms with Crippen molar-refractivity contribution < 1.29 is 19.5 Å². The van der Waals surface area contributed by atoms with E-state index in [4.69, 9.17) is 5.11 Å². The Hall–Kier alpha value is -1.39. The van der Waals surface area contributed by atoms with Crippen LogP contribution in [0.4, 0.5) is 0 Å². The number of hydrogen-bond acceptors (Lipinski definition) is 3. The summed E-state index contributed by atoms with van der Waals surface area (Å²) >= 11 is 0. The summed E-state index contributed by atoms with van der Waals surface area (Å²) in [6, 6.07) is -0.899. The van der Waals surface area contributed by atoms with Gasteiger partial charge >= 0.3 is 5.97 Å². The van der Waals surface area contributed by atoms with Crippen molar-refractivity contribution in [1.29, 1.82) is 0 Å².